The third-order valence-corrected chi connectivity index (χ3v) is 1.58. The molecule has 3 nitrogen and oxygen atoms in total. The average molecular weight is 152 g/mol. The van der Waals surface area contributed by atoms with Crippen molar-refractivity contribution >= 4 is 0 Å². The Balaban J connectivity index is 3.15. The van der Waals surface area contributed by atoms with Gasteiger partial charge in [-0.2, -0.15) is 4.98 Å². The second-order valence-electron chi connectivity index (χ2n) is 2.90. The first-order valence-corrected chi connectivity index (χ1v) is 3.65. The molecule has 0 bridgehead atoms. The Labute approximate surface area is 65.7 Å². The van der Waals surface area contributed by atoms with E-state index in [1.54, 1.807) is 13.3 Å². The van der Waals surface area contributed by atoms with E-state index in [1.807, 2.05) is 24.6 Å². The number of nitrogens with zero attached hydrogens (tertiary/aromatic N) is 2. The van der Waals surface area contributed by atoms with Crippen LogP contribution in [0.25, 0.3) is 0 Å². The van der Waals surface area contributed by atoms with Crippen molar-refractivity contribution in [1.82, 2.24) is 9.55 Å². The van der Waals surface area contributed by atoms with Gasteiger partial charge in [-0.1, -0.05) is 0 Å². The van der Waals surface area contributed by atoms with Gasteiger partial charge in [0.2, 0.25) is 0 Å². The van der Waals surface area contributed by atoms with Crippen LogP contribution in [0.15, 0.2) is 17.3 Å². The van der Waals surface area contributed by atoms with Crippen LogP contribution in [-0.2, 0) is 0 Å². The predicted molar refractivity (Wildman–Crippen MR) is 43.6 cm³/mol. The van der Waals surface area contributed by atoms with Crippen LogP contribution in [0.2, 0.25) is 0 Å². The summed E-state index contributed by atoms with van der Waals surface area (Å²) in [5.41, 5.74) is 0.558. The molecule has 0 aromatic carbocycles. The van der Waals surface area contributed by atoms with Crippen LogP contribution >= 0.6 is 0 Å². The maximum absolute atomic E-state index is 10.9. The molecule has 0 aliphatic rings. The average Bonchev–Trinajstić information content (AvgIpc) is 1.94. The highest BCUT2D eigenvalue weighted by molar-refractivity contribution is 5.00. The molecule has 0 fully saturated rings. The van der Waals surface area contributed by atoms with Crippen molar-refractivity contribution < 1.29 is 0 Å². The van der Waals surface area contributed by atoms with E-state index in [0.29, 0.717) is 11.6 Å². The van der Waals surface area contributed by atoms with Crippen LogP contribution in [-0.4, -0.2) is 9.55 Å². The molecule has 0 amide bonds. The molecular weight excluding hydrogens is 140 g/mol. The van der Waals surface area contributed by atoms with Gasteiger partial charge in [0.25, 0.3) is 5.56 Å². The van der Waals surface area contributed by atoms with Gasteiger partial charge >= 0.3 is 0 Å². The largest absolute Gasteiger partial charge is 0.336 e. The second-order valence-corrected chi connectivity index (χ2v) is 2.90. The molecule has 1 heterocycles. The van der Waals surface area contributed by atoms with Crippen molar-refractivity contribution in [2.45, 2.75) is 26.8 Å². The topological polar surface area (TPSA) is 34.9 Å². The van der Waals surface area contributed by atoms with Crippen molar-refractivity contribution in [3.63, 3.8) is 0 Å². The number of rotatable bonds is 1. The second kappa shape index (κ2) is 2.86. The summed E-state index contributed by atoms with van der Waals surface area (Å²) in [4.78, 5) is 14.6. The zero-order chi connectivity index (χ0) is 8.43. The molecule has 11 heavy (non-hydrogen) atoms. The monoisotopic (exact) mass is 152 g/mol. The minimum absolute atomic E-state index is 0.137. The SMILES string of the molecule is Cc1cn(C(C)C)cnc1=O. The van der Waals surface area contributed by atoms with Crippen molar-refractivity contribution in [1.29, 1.82) is 0 Å². The van der Waals surface area contributed by atoms with Crippen molar-refractivity contribution in [2.24, 2.45) is 0 Å². The van der Waals surface area contributed by atoms with E-state index in [0.717, 1.165) is 0 Å². The predicted octanol–water partition coefficient (Wildman–Crippen LogP) is 1.13. The standard InChI is InChI=1S/C8H12N2O/c1-6(2)10-4-7(3)8(11)9-5-10/h4-6H,1-3H3. The van der Waals surface area contributed by atoms with Gasteiger partial charge in [-0.3, -0.25) is 4.79 Å². The third-order valence-electron chi connectivity index (χ3n) is 1.58. The Hall–Kier alpha value is -1.12. The highest BCUT2D eigenvalue weighted by atomic mass is 16.1. The van der Waals surface area contributed by atoms with E-state index in [2.05, 4.69) is 4.98 Å². The first-order chi connectivity index (χ1) is 5.11. The molecule has 0 aliphatic heterocycles. The van der Waals surface area contributed by atoms with Gasteiger partial charge in [-0.15, -0.1) is 0 Å². The van der Waals surface area contributed by atoms with E-state index in [1.165, 1.54) is 0 Å². The lowest BCUT2D eigenvalue weighted by Crippen LogP contribution is -2.14. The van der Waals surface area contributed by atoms with Crippen LogP contribution in [0.5, 0.6) is 0 Å². The van der Waals surface area contributed by atoms with Crippen molar-refractivity contribution in [3.05, 3.63) is 28.4 Å². The van der Waals surface area contributed by atoms with Gasteiger partial charge < -0.3 is 4.57 Å². The number of hydrogen-bond acceptors (Lipinski definition) is 2. The molecule has 60 valence electrons. The fourth-order valence-electron chi connectivity index (χ4n) is 0.815. The molecule has 0 radical (unpaired) electrons. The minimum atomic E-state index is -0.137. The van der Waals surface area contributed by atoms with Crippen LogP contribution < -0.4 is 5.56 Å². The number of aryl methyl sites for hydroxylation is 1. The lowest BCUT2D eigenvalue weighted by atomic mass is 10.3. The summed E-state index contributed by atoms with van der Waals surface area (Å²) in [6.07, 6.45) is 3.39. The molecule has 0 spiro atoms. The highest BCUT2D eigenvalue weighted by Crippen LogP contribution is 2.00. The molecular formula is C8H12N2O. The summed E-state index contributed by atoms with van der Waals surface area (Å²) in [7, 11) is 0. The van der Waals surface area contributed by atoms with E-state index < -0.39 is 0 Å². The molecule has 1 aromatic heterocycles. The summed E-state index contributed by atoms with van der Waals surface area (Å²) in [5.74, 6) is 0. The first-order valence-electron chi connectivity index (χ1n) is 3.65. The molecule has 1 aromatic rings. The molecule has 0 saturated heterocycles. The zero-order valence-electron chi connectivity index (χ0n) is 7.03. The van der Waals surface area contributed by atoms with Gasteiger partial charge in [0.15, 0.2) is 0 Å². The summed E-state index contributed by atoms with van der Waals surface area (Å²) >= 11 is 0. The number of aromatic nitrogens is 2. The Morgan fingerprint density at radius 1 is 1.55 bits per heavy atom. The Morgan fingerprint density at radius 2 is 2.18 bits per heavy atom. The molecule has 0 atom stereocenters. The van der Waals surface area contributed by atoms with Gasteiger partial charge in [0.05, 0.1) is 6.33 Å². The maximum Gasteiger partial charge on any atom is 0.275 e. The molecule has 0 aliphatic carbocycles. The maximum atomic E-state index is 10.9. The summed E-state index contributed by atoms with van der Waals surface area (Å²) < 4.78 is 1.91. The molecule has 3 heteroatoms. The smallest absolute Gasteiger partial charge is 0.275 e. The lowest BCUT2D eigenvalue weighted by molar-refractivity contribution is 0.580. The third kappa shape index (κ3) is 1.67. The molecule has 0 unspecified atom stereocenters. The highest BCUT2D eigenvalue weighted by Gasteiger charge is 1.97. The summed E-state index contributed by atoms with van der Waals surface area (Å²) in [6.45, 7) is 5.87. The van der Waals surface area contributed by atoms with Crippen LogP contribution in [0.1, 0.15) is 25.5 Å². The molecule has 1 rings (SSSR count). The Bertz CT molecular complexity index is 301. The fourth-order valence-corrected chi connectivity index (χ4v) is 0.815. The van der Waals surface area contributed by atoms with Crippen molar-refractivity contribution in [3.8, 4) is 0 Å². The van der Waals surface area contributed by atoms with Gasteiger partial charge in [-0.05, 0) is 20.8 Å². The van der Waals surface area contributed by atoms with Crippen LogP contribution in [0, 0.1) is 6.92 Å². The van der Waals surface area contributed by atoms with Gasteiger partial charge in [0, 0.05) is 17.8 Å². The van der Waals surface area contributed by atoms with Crippen molar-refractivity contribution in [2.75, 3.05) is 0 Å². The van der Waals surface area contributed by atoms with E-state index in [4.69, 9.17) is 0 Å². The lowest BCUT2D eigenvalue weighted by Gasteiger charge is -2.08. The molecule has 0 saturated carbocycles. The minimum Gasteiger partial charge on any atom is -0.336 e. The summed E-state index contributed by atoms with van der Waals surface area (Å²) in [6, 6.07) is 0.363. The van der Waals surface area contributed by atoms with Gasteiger partial charge in [0.1, 0.15) is 0 Å². The Kier molecular flexibility index (Phi) is 2.08. The zero-order valence-corrected chi connectivity index (χ0v) is 7.03. The van der Waals surface area contributed by atoms with Gasteiger partial charge in [-0.25, -0.2) is 0 Å². The Morgan fingerprint density at radius 3 is 2.64 bits per heavy atom. The fraction of sp³-hybridized carbons (Fsp3) is 0.500. The van der Waals surface area contributed by atoms with Crippen LogP contribution in [0.3, 0.4) is 0 Å². The number of hydrogen-bond donors (Lipinski definition) is 0. The van der Waals surface area contributed by atoms with E-state index in [9.17, 15) is 4.79 Å². The van der Waals surface area contributed by atoms with E-state index >= 15 is 0 Å². The quantitative estimate of drug-likeness (QED) is 0.604. The normalized spacial score (nSPS) is 10.5. The van der Waals surface area contributed by atoms with Crippen LogP contribution in [0.4, 0.5) is 0 Å². The van der Waals surface area contributed by atoms with E-state index in [-0.39, 0.29) is 5.56 Å². The molecule has 0 N–H and O–H groups in total. The first kappa shape index (κ1) is 7.98. The summed E-state index contributed by atoms with van der Waals surface area (Å²) in [5, 5.41) is 0.